The zero-order chi connectivity index (χ0) is 12.1. The molecule has 0 radical (unpaired) electrons. The Morgan fingerprint density at radius 2 is 2.31 bits per heavy atom. The van der Waals surface area contributed by atoms with E-state index in [0.717, 1.165) is 4.47 Å². The number of hydrogen-bond acceptors (Lipinski definition) is 2. The quantitative estimate of drug-likeness (QED) is 0.890. The Kier molecular flexibility index (Phi) is 4.89. The molecular weight excluding hydrogens is 275 g/mol. The number of carbonyl (C=O) groups excluding carboxylic acids is 1. The first-order chi connectivity index (χ1) is 7.54. The lowest BCUT2D eigenvalue weighted by Crippen LogP contribution is -2.39. The van der Waals surface area contributed by atoms with Gasteiger partial charge in [0.2, 0.25) is 5.91 Å². The third-order valence-electron chi connectivity index (χ3n) is 2.24. The van der Waals surface area contributed by atoms with Gasteiger partial charge in [0.1, 0.15) is 5.82 Å². The summed E-state index contributed by atoms with van der Waals surface area (Å²) in [7, 11) is 0. The van der Waals surface area contributed by atoms with E-state index in [0.29, 0.717) is 12.0 Å². The van der Waals surface area contributed by atoms with E-state index in [2.05, 4.69) is 21.2 Å². The van der Waals surface area contributed by atoms with Gasteiger partial charge in [-0.25, -0.2) is 4.39 Å². The summed E-state index contributed by atoms with van der Waals surface area (Å²) < 4.78 is 14.1. The fraction of sp³-hybridized carbons (Fsp3) is 0.364. The lowest BCUT2D eigenvalue weighted by atomic mass is 10.2. The third-order valence-corrected chi connectivity index (χ3v) is 2.73. The topological polar surface area (TPSA) is 55.1 Å². The van der Waals surface area contributed by atoms with Crippen LogP contribution in [0.5, 0.6) is 0 Å². The second kappa shape index (κ2) is 5.96. The van der Waals surface area contributed by atoms with Crippen molar-refractivity contribution in [1.82, 2.24) is 5.32 Å². The summed E-state index contributed by atoms with van der Waals surface area (Å²) in [5, 5.41) is 2.59. The molecule has 0 aliphatic heterocycles. The van der Waals surface area contributed by atoms with E-state index in [1.165, 1.54) is 6.07 Å². The molecule has 0 aromatic heterocycles. The highest BCUT2D eigenvalue weighted by Crippen LogP contribution is 2.15. The maximum Gasteiger partial charge on any atom is 0.237 e. The molecule has 0 saturated carbocycles. The number of nitrogens with one attached hydrogen (secondary N) is 1. The molecule has 0 unspecified atom stereocenters. The van der Waals surface area contributed by atoms with Crippen LogP contribution in [0.4, 0.5) is 4.39 Å². The van der Waals surface area contributed by atoms with E-state index in [1.807, 2.05) is 6.92 Å². The highest BCUT2D eigenvalue weighted by Gasteiger charge is 2.11. The summed E-state index contributed by atoms with van der Waals surface area (Å²) in [6.45, 7) is 1.97. The molecule has 1 atom stereocenters. The van der Waals surface area contributed by atoms with Crippen LogP contribution in [0.25, 0.3) is 0 Å². The zero-order valence-corrected chi connectivity index (χ0v) is 10.6. The van der Waals surface area contributed by atoms with Crippen molar-refractivity contribution in [1.29, 1.82) is 0 Å². The van der Waals surface area contributed by atoms with Crippen molar-refractivity contribution in [3.05, 3.63) is 34.1 Å². The number of rotatable bonds is 4. The second-order valence-electron chi connectivity index (χ2n) is 3.47. The molecule has 88 valence electrons. The molecule has 0 bridgehead atoms. The van der Waals surface area contributed by atoms with Crippen LogP contribution in [0.1, 0.15) is 18.9 Å². The zero-order valence-electron chi connectivity index (χ0n) is 8.97. The molecule has 0 fully saturated rings. The van der Waals surface area contributed by atoms with Crippen LogP contribution in [-0.4, -0.2) is 11.9 Å². The average Bonchev–Trinajstić information content (AvgIpc) is 2.28. The van der Waals surface area contributed by atoms with Crippen LogP contribution < -0.4 is 11.1 Å². The number of nitrogens with two attached hydrogens (primary N) is 1. The second-order valence-corrected chi connectivity index (χ2v) is 4.38. The van der Waals surface area contributed by atoms with Gasteiger partial charge in [0.05, 0.1) is 6.04 Å². The van der Waals surface area contributed by atoms with Crippen LogP contribution in [0.2, 0.25) is 0 Å². The Morgan fingerprint density at radius 1 is 1.62 bits per heavy atom. The summed E-state index contributed by atoms with van der Waals surface area (Å²) in [6.07, 6.45) is 0.562. The Hall–Kier alpha value is -0.940. The van der Waals surface area contributed by atoms with Crippen LogP contribution in [0, 0.1) is 5.82 Å². The summed E-state index contributed by atoms with van der Waals surface area (Å²) in [5.74, 6) is -0.601. The maximum absolute atomic E-state index is 13.3. The molecule has 1 aromatic carbocycles. The first-order valence-corrected chi connectivity index (χ1v) is 5.81. The first-order valence-electron chi connectivity index (χ1n) is 5.01. The van der Waals surface area contributed by atoms with Crippen LogP contribution >= 0.6 is 15.9 Å². The molecule has 0 heterocycles. The van der Waals surface area contributed by atoms with Gasteiger partial charge in [-0.05, 0) is 24.6 Å². The fourth-order valence-electron chi connectivity index (χ4n) is 1.18. The minimum Gasteiger partial charge on any atom is -0.351 e. The SMILES string of the molecule is CC[C@H](N)C(=O)NCc1cc(Br)ccc1F. The van der Waals surface area contributed by atoms with Crippen LogP contribution in [0.15, 0.2) is 22.7 Å². The van der Waals surface area contributed by atoms with Crippen molar-refractivity contribution in [2.45, 2.75) is 25.9 Å². The van der Waals surface area contributed by atoms with Crippen molar-refractivity contribution in [3.63, 3.8) is 0 Å². The van der Waals surface area contributed by atoms with Gasteiger partial charge in [-0.15, -0.1) is 0 Å². The molecule has 0 spiro atoms. The molecule has 1 amide bonds. The smallest absolute Gasteiger partial charge is 0.237 e. The Labute approximate surface area is 102 Å². The molecule has 16 heavy (non-hydrogen) atoms. The van der Waals surface area contributed by atoms with Crippen LogP contribution in [0.3, 0.4) is 0 Å². The number of benzene rings is 1. The monoisotopic (exact) mass is 288 g/mol. The van der Waals surface area contributed by atoms with Crippen molar-refractivity contribution >= 4 is 21.8 Å². The van der Waals surface area contributed by atoms with Gasteiger partial charge in [-0.2, -0.15) is 0 Å². The van der Waals surface area contributed by atoms with Gasteiger partial charge in [-0.1, -0.05) is 22.9 Å². The standard InChI is InChI=1S/C11H14BrFN2O/c1-2-10(14)11(16)15-6-7-5-8(12)3-4-9(7)13/h3-5,10H,2,6,14H2,1H3,(H,15,16)/t10-/m0/s1. The van der Waals surface area contributed by atoms with E-state index < -0.39 is 6.04 Å². The number of amides is 1. The van der Waals surface area contributed by atoms with Gasteiger partial charge >= 0.3 is 0 Å². The minimum atomic E-state index is -0.532. The fourth-order valence-corrected chi connectivity index (χ4v) is 1.59. The molecule has 3 nitrogen and oxygen atoms in total. The molecule has 0 aliphatic rings. The molecule has 5 heteroatoms. The third kappa shape index (κ3) is 3.57. The normalized spacial score (nSPS) is 12.2. The summed E-state index contributed by atoms with van der Waals surface area (Å²) in [6, 6.07) is 4.06. The molecule has 0 saturated heterocycles. The van der Waals surface area contributed by atoms with E-state index in [1.54, 1.807) is 12.1 Å². The Bertz CT molecular complexity index is 384. The highest BCUT2D eigenvalue weighted by atomic mass is 79.9. The number of halogens is 2. The summed E-state index contributed by atoms with van der Waals surface area (Å²) in [5.41, 5.74) is 5.97. The van der Waals surface area contributed by atoms with Gasteiger partial charge in [0.15, 0.2) is 0 Å². The van der Waals surface area contributed by atoms with Crippen molar-refractivity contribution in [2.24, 2.45) is 5.73 Å². The maximum atomic E-state index is 13.3. The molecular formula is C11H14BrFN2O. The van der Waals surface area contributed by atoms with Crippen molar-refractivity contribution in [3.8, 4) is 0 Å². The lowest BCUT2D eigenvalue weighted by Gasteiger charge is -2.10. The molecule has 3 N–H and O–H groups in total. The van der Waals surface area contributed by atoms with Gasteiger partial charge in [-0.3, -0.25) is 4.79 Å². The molecule has 1 aromatic rings. The van der Waals surface area contributed by atoms with Gasteiger partial charge < -0.3 is 11.1 Å². The average molecular weight is 289 g/mol. The largest absolute Gasteiger partial charge is 0.351 e. The first kappa shape index (κ1) is 13.1. The van der Waals surface area contributed by atoms with E-state index >= 15 is 0 Å². The van der Waals surface area contributed by atoms with E-state index in [-0.39, 0.29) is 18.3 Å². The van der Waals surface area contributed by atoms with Gasteiger partial charge in [0.25, 0.3) is 0 Å². The summed E-state index contributed by atoms with van der Waals surface area (Å²) in [4.78, 5) is 11.4. The highest BCUT2D eigenvalue weighted by molar-refractivity contribution is 9.10. The number of carbonyl (C=O) groups is 1. The van der Waals surface area contributed by atoms with Crippen molar-refractivity contribution in [2.75, 3.05) is 0 Å². The predicted octanol–water partition coefficient (Wildman–Crippen LogP) is 1.94. The lowest BCUT2D eigenvalue weighted by molar-refractivity contribution is -0.122. The Balaban J connectivity index is 2.61. The Morgan fingerprint density at radius 3 is 2.94 bits per heavy atom. The summed E-state index contributed by atoms with van der Waals surface area (Å²) >= 11 is 3.24. The predicted molar refractivity (Wildman–Crippen MR) is 64.2 cm³/mol. The van der Waals surface area contributed by atoms with E-state index in [9.17, 15) is 9.18 Å². The van der Waals surface area contributed by atoms with E-state index in [4.69, 9.17) is 5.73 Å². The minimum absolute atomic E-state index is 0.151. The van der Waals surface area contributed by atoms with Gasteiger partial charge in [0, 0.05) is 16.6 Å². The van der Waals surface area contributed by atoms with Crippen LogP contribution in [-0.2, 0) is 11.3 Å². The van der Waals surface area contributed by atoms with Crippen molar-refractivity contribution < 1.29 is 9.18 Å². The number of hydrogen-bond donors (Lipinski definition) is 2. The molecule has 1 rings (SSSR count). The molecule has 0 aliphatic carbocycles.